The summed E-state index contributed by atoms with van der Waals surface area (Å²) in [7, 11) is 1.62. The molecule has 1 aliphatic rings. The normalized spacial score (nSPS) is 17.9. The largest absolute Gasteiger partial charge is 0.497 e. The van der Waals surface area contributed by atoms with Gasteiger partial charge in [0.15, 0.2) is 0 Å². The van der Waals surface area contributed by atoms with E-state index in [0.29, 0.717) is 0 Å². The molecule has 0 aromatic heterocycles. The Bertz CT molecular complexity index is 735. The number of nitrogens with zero attached hydrogens (tertiary/aromatic N) is 1. The van der Waals surface area contributed by atoms with Crippen LogP contribution in [-0.2, 0) is 11.3 Å². The van der Waals surface area contributed by atoms with Gasteiger partial charge in [0.25, 0.3) is 0 Å². The van der Waals surface area contributed by atoms with E-state index in [1.165, 1.54) is 0 Å². The van der Waals surface area contributed by atoms with E-state index < -0.39 is 0 Å². The monoisotopic (exact) mass is 358 g/mol. The van der Waals surface area contributed by atoms with Crippen LogP contribution in [0.2, 0.25) is 5.02 Å². The van der Waals surface area contributed by atoms with Gasteiger partial charge in [-0.15, -0.1) is 0 Å². The fourth-order valence-corrected chi connectivity index (χ4v) is 3.42. The topological polar surface area (TPSA) is 41.6 Å². The lowest BCUT2D eigenvalue weighted by atomic mass is 9.96. The van der Waals surface area contributed by atoms with Gasteiger partial charge in [0.05, 0.1) is 13.0 Å². The van der Waals surface area contributed by atoms with E-state index in [4.69, 9.17) is 16.3 Å². The van der Waals surface area contributed by atoms with Crippen LogP contribution in [0, 0.1) is 5.92 Å². The quantitative estimate of drug-likeness (QED) is 0.870. The second-order valence-electron chi connectivity index (χ2n) is 6.39. The van der Waals surface area contributed by atoms with Crippen LogP contribution in [-0.4, -0.2) is 31.0 Å². The van der Waals surface area contributed by atoms with Crippen molar-refractivity contribution in [3.05, 3.63) is 59.1 Å². The Labute approximate surface area is 153 Å². The number of anilines is 1. The molecule has 0 radical (unpaired) electrons. The summed E-state index contributed by atoms with van der Waals surface area (Å²) in [5.41, 5.74) is 1.88. The summed E-state index contributed by atoms with van der Waals surface area (Å²) in [6.45, 7) is 2.53. The Balaban J connectivity index is 1.60. The number of likely N-dealkylation sites (tertiary alicyclic amines) is 1. The first-order valence-electron chi connectivity index (χ1n) is 8.56. The molecule has 132 valence electrons. The molecule has 3 rings (SSSR count). The van der Waals surface area contributed by atoms with Gasteiger partial charge in [0, 0.05) is 29.9 Å². The van der Waals surface area contributed by atoms with E-state index in [-0.39, 0.29) is 11.8 Å². The van der Waals surface area contributed by atoms with E-state index in [9.17, 15) is 4.79 Å². The lowest BCUT2D eigenvalue weighted by Gasteiger charge is -2.32. The smallest absolute Gasteiger partial charge is 0.228 e. The van der Waals surface area contributed by atoms with Crippen LogP contribution < -0.4 is 10.1 Å². The van der Waals surface area contributed by atoms with Gasteiger partial charge in [0.1, 0.15) is 5.75 Å². The summed E-state index contributed by atoms with van der Waals surface area (Å²) in [6, 6.07) is 15.3. The van der Waals surface area contributed by atoms with Crippen molar-refractivity contribution in [3.63, 3.8) is 0 Å². The number of hydrogen-bond acceptors (Lipinski definition) is 3. The number of piperidine rings is 1. The summed E-state index contributed by atoms with van der Waals surface area (Å²) in [5, 5.41) is 3.79. The van der Waals surface area contributed by atoms with Gasteiger partial charge in [0.2, 0.25) is 5.91 Å². The van der Waals surface area contributed by atoms with Crippen LogP contribution in [0.1, 0.15) is 18.4 Å². The predicted molar refractivity (Wildman–Crippen MR) is 101 cm³/mol. The molecular weight excluding hydrogens is 336 g/mol. The molecule has 0 unspecified atom stereocenters. The molecule has 1 fully saturated rings. The van der Waals surface area contributed by atoms with Gasteiger partial charge in [-0.1, -0.05) is 35.9 Å². The van der Waals surface area contributed by atoms with Crippen LogP contribution in [0.3, 0.4) is 0 Å². The van der Waals surface area contributed by atoms with E-state index in [1.807, 2.05) is 48.5 Å². The summed E-state index contributed by atoms with van der Waals surface area (Å²) >= 11 is 6.26. The average molecular weight is 359 g/mol. The van der Waals surface area contributed by atoms with E-state index in [2.05, 4.69) is 10.2 Å². The van der Waals surface area contributed by atoms with Gasteiger partial charge < -0.3 is 10.1 Å². The number of methoxy groups -OCH3 is 1. The number of rotatable bonds is 5. The summed E-state index contributed by atoms with van der Waals surface area (Å²) in [4.78, 5) is 14.9. The fraction of sp³-hybridized carbons (Fsp3) is 0.350. The molecule has 2 aromatic rings. The number of ether oxygens (including phenoxy) is 1. The van der Waals surface area contributed by atoms with Crippen LogP contribution in [0.4, 0.5) is 5.69 Å². The molecule has 0 aliphatic carbocycles. The first-order chi connectivity index (χ1) is 12.2. The molecule has 5 heteroatoms. The highest BCUT2D eigenvalue weighted by atomic mass is 35.5. The van der Waals surface area contributed by atoms with E-state index in [1.54, 1.807) is 7.11 Å². The molecule has 1 saturated heterocycles. The molecule has 0 bridgehead atoms. The Hall–Kier alpha value is -2.04. The number of nitrogens with one attached hydrogen (secondary N) is 1. The molecule has 2 aromatic carbocycles. The highest BCUT2D eigenvalue weighted by Crippen LogP contribution is 2.24. The molecule has 1 N–H and O–H groups in total. The predicted octanol–water partition coefficient (Wildman–Crippen LogP) is 4.20. The van der Waals surface area contributed by atoms with Crippen LogP contribution in [0.25, 0.3) is 0 Å². The van der Waals surface area contributed by atoms with Gasteiger partial charge in [-0.25, -0.2) is 0 Å². The summed E-state index contributed by atoms with van der Waals surface area (Å²) in [6.07, 6.45) is 1.93. The van der Waals surface area contributed by atoms with Gasteiger partial charge in [-0.05, 0) is 43.1 Å². The number of benzene rings is 2. The third-order valence-corrected chi connectivity index (χ3v) is 4.93. The minimum Gasteiger partial charge on any atom is -0.497 e. The molecular formula is C20H23ClN2O2. The third kappa shape index (κ3) is 4.74. The van der Waals surface area contributed by atoms with Crippen molar-refractivity contribution < 1.29 is 9.53 Å². The minimum absolute atomic E-state index is 0.0116. The highest BCUT2D eigenvalue weighted by molar-refractivity contribution is 6.31. The van der Waals surface area contributed by atoms with E-state index in [0.717, 1.165) is 54.5 Å². The Morgan fingerprint density at radius 2 is 2.12 bits per heavy atom. The van der Waals surface area contributed by atoms with Crippen LogP contribution in [0.15, 0.2) is 48.5 Å². The minimum atomic E-state index is -0.0116. The maximum Gasteiger partial charge on any atom is 0.228 e. The van der Waals surface area contributed by atoms with Crippen molar-refractivity contribution in [2.24, 2.45) is 5.92 Å². The first-order valence-corrected chi connectivity index (χ1v) is 8.94. The number of carbonyl (C=O) groups is 1. The molecule has 0 spiro atoms. The van der Waals surface area contributed by atoms with Crippen molar-refractivity contribution in [1.29, 1.82) is 0 Å². The lowest BCUT2D eigenvalue weighted by Crippen LogP contribution is -2.40. The van der Waals surface area contributed by atoms with Crippen molar-refractivity contribution in [2.75, 3.05) is 25.5 Å². The standard InChI is InChI=1S/C20H23ClN2O2/c1-25-18-9-4-8-17(12-18)22-20(24)16-7-5-11-23(14-16)13-15-6-2-3-10-19(15)21/h2-4,6,8-10,12,16H,5,7,11,13-14H2,1H3,(H,22,24)/t16-/m0/s1. The number of halogens is 1. The van der Waals surface area contributed by atoms with E-state index >= 15 is 0 Å². The van der Waals surface area contributed by atoms with Crippen LogP contribution >= 0.6 is 11.6 Å². The molecule has 1 heterocycles. The lowest BCUT2D eigenvalue weighted by molar-refractivity contribution is -0.121. The zero-order chi connectivity index (χ0) is 17.6. The Morgan fingerprint density at radius 1 is 1.28 bits per heavy atom. The molecule has 25 heavy (non-hydrogen) atoms. The highest BCUT2D eigenvalue weighted by Gasteiger charge is 2.26. The van der Waals surface area contributed by atoms with Gasteiger partial charge in [-0.2, -0.15) is 0 Å². The number of amides is 1. The van der Waals surface area contributed by atoms with Crippen molar-refractivity contribution in [1.82, 2.24) is 4.90 Å². The summed E-state index contributed by atoms with van der Waals surface area (Å²) < 4.78 is 5.20. The third-order valence-electron chi connectivity index (χ3n) is 4.57. The molecule has 1 amide bonds. The van der Waals surface area contributed by atoms with Crippen LogP contribution in [0.5, 0.6) is 5.75 Å². The maximum atomic E-state index is 12.6. The molecule has 1 atom stereocenters. The van der Waals surface area contributed by atoms with Gasteiger partial charge in [-0.3, -0.25) is 9.69 Å². The number of hydrogen-bond donors (Lipinski definition) is 1. The van der Waals surface area contributed by atoms with Crippen molar-refractivity contribution in [3.8, 4) is 5.75 Å². The van der Waals surface area contributed by atoms with Crippen molar-refractivity contribution in [2.45, 2.75) is 19.4 Å². The molecule has 0 saturated carbocycles. The van der Waals surface area contributed by atoms with Gasteiger partial charge >= 0.3 is 0 Å². The SMILES string of the molecule is COc1cccc(NC(=O)[C@H]2CCCN(Cc3ccccc3Cl)C2)c1. The fourth-order valence-electron chi connectivity index (χ4n) is 3.23. The second-order valence-corrected chi connectivity index (χ2v) is 6.79. The maximum absolute atomic E-state index is 12.6. The zero-order valence-electron chi connectivity index (χ0n) is 14.4. The molecule has 4 nitrogen and oxygen atoms in total. The zero-order valence-corrected chi connectivity index (χ0v) is 15.1. The molecule has 1 aliphatic heterocycles. The first kappa shape index (κ1) is 17.8. The Morgan fingerprint density at radius 3 is 2.92 bits per heavy atom. The summed E-state index contributed by atoms with van der Waals surface area (Å²) in [5.74, 6) is 0.793. The average Bonchev–Trinajstić information content (AvgIpc) is 2.64. The second kappa shape index (κ2) is 8.37. The Kier molecular flexibility index (Phi) is 5.95. The number of carbonyl (C=O) groups excluding carboxylic acids is 1. The van der Waals surface area contributed by atoms with Crippen molar-refractivity contribution >= 4 is 23.2 Å².